The molecule has 1 aromatic heterocycles. The van der Waals surface area contributed by atoms with E-state index in [1.807, 2.05) is 30.3 Å². The van der Waals surface area contributed by atoms with Crippen molar-refractivity contribution in [2.45, 2.75) is 26.9 Å². The number of nitrogens with two attached hydrogens (primary N) is 1. The molecule has 3 aromatic rings. The molecule has 8 heteroatoms. The molecule has 0 unspecified atom stereocenters. The van der Waals surface area contributed by atoms with Gasteiger partial charge in [-0.15, -0.1) is 12.4 Å². The van der Waals surface area contributed by atoms with Crippen molar-refractivity contribution < 1.29 is 9.63 Å². The Morgan fingerprint density at radius 3 is 2.43 bits per heavy atom. The molecule has 0 radical (unpaired) electrons. The molecular weight excluding hydrogens is 404 g/mol. The van der Waals surface area contributed by atoms with Crippen molar-refractivity contribution in [2.75, 3.05) is 12.4 Å². The van der Waals surface area contributed by atoms with Gasteiger partial charge in [0.25, 0.3) is 5.56 Å². The van der Waals surface area contributed by atoms with E-state index in [0.29, 0.717) is 17.6 Å². The SMILES string of the molecule is CONC(=O)Nc1ccc2c(=O)n(CC(C)C)c(CN)c(-c3ccccc3)c2c1.Cl. The molecule has 160 valence electrons. The van der Waals surface area contributed by atoms with E-state index in [1.165, 1.54) is 7.11 Å². The lowest BCUT2D eigenvalue weighted by Gasteiger charge is -2.21. The number of aromatic nitrogens is 1. The van der Waals surface area contributed by atoms with Gasteiger partial charge in [-0.3, -0.25) is 9.63 Å². The highest BCUT2D eigenvalue weighted by molar-refractivity contribution is 6.01. The number of nitrogens with one attached hydrogen (secondary N) is 2. The Morgan fingerprint density at radius 1 is 1.13 bits per heavy atom. The minimum Gasteiger partial charge on any atom is -0.325 e. The fraction of sp³-hybridized carbons (Fsp3) is 0.273. The van der Waals surface area contributed by atoms with Crippen molar-refractivity contribution >= 4 is 34.9 Å². The zero-order valence-electron chi connectivity index (χ0n) is 17.3. The molecule has 0 saturated carbocycles. The summed E-state index contributed by atoms with van der Waals surface area (Å²) in [6, 6.07) is 14.6. The monoisotopic (exact) mass is 430 g/mol. The molecule has 0 aliphatic heterocycles. The first-order chi connectivity index (χ1) is 14.0. The van der Waals surface area contributed by atoms with E-state index in [2.05, 4.69) is 29.5 Å². The molecule has 3 rings (SSSR count). The number of hydrogen-bond acceptors (Lipinski definition) is 4. The minimum atomic E-state index is -0.500. The molecule has 0 bridgehead atoms. The fourth-order valence-electron chi connectivity index (χ4n) is 3.52. The highest BCUT2D eigenvalue weighted by Gasteiger charge is 2.18. The number of urea groups is 1. The van der Waals surface area contributed by atoms with Crippen LogP contribution in [0.2, 0.25) is 0 Å². The van der Waals surface area contributed by atoms with E-state index in [1.54, 1.807) is 22.8 Å². The predicted octanol–water partition coefficient (Wildman–Crippen LogP) is 3.89. The number of carbonyl (C=O) groups is 1. The van der Waals surface area contributed by atoms with Crippen LogP contribution in [0, 0.1) is 5.92 Å². The highest BCUT2D eigenvalue weighted by atomic mass is 35.5. The summed E-state index contributed by atoms with van der Waals surface area (Å²) < 4.78 is 1.78. The average molecular weight is 431 g/mol. The Bertz CT molecular complexity index is 1080. The first-order valence-electron chi connectivity index (χ1n) is 9.51. The molecule has 30 heavy (non-hydrogen) atoms. The Kier molecular flexibility index (Phi) is 8.00. The van der Waals surface area contributed by atoms with Gasteiger partial charge in [-0.05, 0) is 35.1 Å². The largest absolute Gasteiger partial charge is 0.343 e. The molecule has 0 spiro atoms. The third-order valence-corrected chi connectivity index (χ3v) is 4.64. The molecule has 0 atom stereocenters. The molecule has 0 aliphatic rings. The van der Waals surface area contributed by atoms with Crippen LogP contribution in [0.25, 0.3) is 21.9 Å². The van der Waals surface area contributed by atoms with Gasteiger partial charge in [0.05, 0.1) is 7.11 Å². The van der Waals surface area contributed by atoms with Gasteiger partial charge in [-0.2, -0.15) is 0 Å². The summed E-state index contributed by atoms with van der Waals surface area (Å²) in [6.07, 6.45) is 0. The van der Waals surface area contributed by atoms with E-state index in [0.717, 1.165) is 22.2 Å². The molecule has 0 saturated heterocycles. The first kappa shape index (κ1) is 23.4. The Labute approximate surface area is 181 Å². The summed E-state index contributed by atoms with van der Waals surface area (Å²) in [7, 11) is 1.36. The van der Waals surface area contributed by atoms with Crippen LogP contribution >= 0.6 is 12.4 Å². The molecule has 0 fully saturated rings. The van der Waals surface area contributed by atoms with Crippen LogP contribution in [0.5, 0.6) is 0 Å². The third-order valence-electron chi connectivity index (χ3n) is 4.64. The van der Waals surface area contributed by atoms with Crippen molar-refractivity contribution in [2.24, 2.45) is 11.7 Å². The number of fused-ring (bicyclic) bond motifs is 1. The lowest BCUT2D eigenvalue weighted by Crippen LogP contribution is -2.29. The van der Waals surface area contributed by atoms with E-state index >= 15 is 0 Å². The number of halogens is 1. The van der Waals surface area contributed by atoms with Crippen LogP contribution in [0.15, 0.2) is 53.3 Å². The predicted molar refractivity (Wildman–Crippen MR) is 123 cm³/mol. The van der Waals surface area contributed by atoms with Crippen molar-refractivity contribution in [3.63, 3.8) is 0 Å². The van der Waals surface area contributed by atoms with Crippen molar-refractivity contribution in [3.8, 4) is 11.1 Å². The maximum atomic E-state index is 13.3. The van der Waals surface area contributed by atoms with E-state index in [4.69, 9.17) is 5.73 Å². The average Bonchev–Trinajstić information content (AvgIpc) is 2.70. The summed E-state index contributed by atoms with van der Waals surface area (Å²) in [4.78, 5) is 29.7. The van der Waals surface area contributed by atoms with E-state index < -0.39 is 6.03 Å². The first-order valence-corrected chi connectivity index (χ1v) is 9.51. The summed E-state index contributed by atoms with van der Waals surface area (Å²) >= 11 is 0. The second-order valence-corrected chi connectivity index (χ2v) is 7.22. The number of hydroxylamine groups is 1. The maximum Gasteiger partial charge on any atom is 0.343 e. The number of pyridine rings is 1. The van der Waals surface area contributed by atoms with Gasteiger partial charge in [0.2, 0.25) is 0 Å². The molecule has 7 nitrogen and oxygen atoms in total. The van der Waals surface area contributed by atoms with Gasteiger partial charge in [-0.25, -0.2) is 10.3 Å². The molecule has 4 N–H and O–H groups in total. The van der Waals surface area contributed by atoms with Gasteiger partial charge in [-0.1, -0.05) is 44.2 Å². The lowest BCUT2D eigenvalue weighted by atomic mass is 9.96. The topological polar surface area (TPSA) is 98.4 Å². The zero-order chi connectivity index (χ0) is 21.0. The number of benzene rings is 2. The normalized spacial score (nSPS) is 10.7. The van der Waals surface area contributed by atoms with Crippen molar-refractivity contribution in [1.82, 2.24) is 10.0 Å². The standard InChI is InChI=1S/C22H26N4O3.ClH/c1-14(2)13-26-19(12-23)20(15-7-5-4-6-8-15)18-11-16(24-22(28)25-29-3)9-10-17(18)21(26)27;/h4-11,14H,12-13,23H2,1-3H3,(H2,24,25,28);1H. The molecule has 0 aliphatic carbocycles. The fourth-order valence-corrected chi connectivity index (χ4v) is 3.52. The van der Waals surface area contributed by atoms with E-state index in [-0.39, 0.29) is 30.4 Å². The number of nitrogens with zero attached hydrogens (tertiary/aromatic N) is 1. The quantitative estimate of drug-likeness (QED) is 0.516. The van der Waals surface area contributed by atoms with Gasteiger partial charge in [0.15, 0.2) is 0 Å². The minimum absolute atomic E-state index is 0. The maximum absolute atomic E-state index is 13.3. The highest BCUT2D eigenvalue weighted by Crippen LogP contribution is 2.32. The summed E-state index contributed by atoms with van der Waals surface area (Å²) in [5.41, 5.74) is 11.5. The van der Waals surface area contributed by atoms with Crippen LogP contribution in [0.1, 0.15) is 19.5 Å². The zero-order valence-corrected chi connectivity index (χ0v) is 18.1. The molecule has 2 amide bonds. The lowest BCUT2D eigenvalue weighted by molar-refractivity contribution is 0.114. The van der Waals surface area contributed by atoms with Crippen LogP contribution < -0.4 is 22.1 Å². The smallest absolute Gasteiger partial charge is 0.325 e. The van der Waals surface area contributed by atoms with Crippen LogP contribution in [-0.4, -0.2) is 17.7 Å². The molecular formula is C22H27ClN4O3. The Balaban J connectivity index is 0.00000320. The van der Waals surface area contributed by atoms with Gasteiger partial charge >= 0.3 is 6.03 Å². The van der Waals surface area contributed by atoms with Crippen LogP contribution in [0.4, 0.5) is 10.5 Å². The van der Waals surface area contributed by atoms with Gasteiger partial charge in [0, 0.05) is 35.4 Å². The Hall–Kier alpha value is -2.87. The van der Waals surface area contributed by atoms with E-state index in [9.17, 15) is 9.59 Å². The van der Waals surface area contributed by atoms with Crippen molar-refractivity contribution in [3.05, 3.63) is 64.6 Å². The number of carbonyl (C=O) groups excluding carboxylic acids is 1. The number of amides is 2. The number of rotatable bonds is 6. The second kappa shape index (κ2) is 10.2. The molecule has 2 aromatic carbocycles. The van der Waals surface area contributed by atoms with Gasteiger partial charge in [0.1, 0.15) is 0 Å². The van der Waals surface area contributed by atoms with Crippen molar-refractivity contribution in [1.29, 1.82) is 0 Å². The Morgan fingerprint density at radius 2 is 1.83 bits per heavy atom. The van der Waals surface area contributed by atoms with Gasteiger partial charge < -0.3 is 15.6 Å². The summed E-state index contributed by atoms with van der Waals surface area (Å²) in [5.74, 6) is 0.290. The van der Waals surface area contributed by atoms with Crippen LogP contribution in [0.3, 0.4) is 0 Å². The third kappa shape index (κ3) is 4.81. The summed E-state index contributed by atoms with van der Waals surface area (Å²) in [6.45, 7) is 4.95. The number of hydrogen-bond donors (Lipinski definition) is 3. The summed E-state index contributed by atoms with van der Waals surface area (Å²) in [5, 5.41) is 4.03. The van der Waals surface area contributed by atoms with Crippen LogP contribution in [-0.2, 0) is 17.9 Å². The molecule has 1 heterocycles. The number of anilines is 1. The second-order valence-electron chi connectivity index (χ2n) is 7.22.